The zero-order chi connectivity index (χ0) is 21.4. The number of anilines is 1. The van der Waals surface area contributed by atoms with Crippen molar-refractivity contribution in [3.8, 4) is 16.9 Å². The van der Waals surface area contributed by atoms with Crippen LogP contribution in [0.25, 0.3) is 11.1 Å². The SMILES string of the molecule is CCN1CCN(c2ccc(-c3cc(C(C)(C)C)c(O)c(C(C)(C)C)c3)cc2)CC1. The standard InChI is InChI=1S/C26H38N2O/c1-8-27-13-15-28(16-14-27)21-11-9-19(10-12-21)20-17-22(25(2,3)4)24(29)23(18-20)26(5,6)7/h9-12,17-18,29H,8,13-16H2,1-7H3. The molecule has 3 heteroatoms. The van der Waals surface area contributed by atoms with Gasteiger partial charge in [0.15, 0.2) is 0 Å². The summed E-state index contributed by atoms with van der Waals surface area (Å²) in [6.45, 7) is 20.8. The van der Waals surface area contributed by atoms with E-state index in [1.165, 1.54) is 16.8 Å². The number of phenols is 1. The van der Waals surface area contributed by atoms with Crippen molar-refractivity contribution in [2.24, 2.45) is 0 Å². The lowest BCUT2D eigenvalue weighted by Crippen LogP contribution is -2.46. The molecule has 1 N–H and O–H groups in total. The summed E-state index contributed by atoms with van der Waals surface area (Å²) in [7, 11) is 0. The number of hydrogen-bond donors (Lipinski definition) is 1. The molecule has 29 heavy (non-hydrogen) atoms. The largest absolute Gasteiger partial charge is 0.507 e. The third-order valence-electron chi connectivity index (χ3n) is 6.11. The molecule has 0 aliphatic carbocycles. The monoisotopic (exact) mass is 394 g/mol. The molecule has 158 valence electrons. The number of rotatable bonds is 3. The van der Waals surface area contributed by atoms with Crippen molar-refractivity contribution in [1.29, 1.82) is 0 Å². The van der Waals surface area contributed by atoms with Crippen molar-refractivity contribution in [3.63, 3.8) is 0 Å². The van der Waals surface area contributed by atoms with Crippen LogP contribution in [0.15, 0.2) is 36.4 Å². The maximum Gasteiger partial charge on any atom is 0.123 e. The van der Waals surface area contributed by atoms with Gasteiger partial charge in [0.05, 0.1) is 0 Å². The van der Waals surface area contributed by atoms with E-state index in [2.05, 4.69) is 94.7 Å². The second-order valence-electron chi connectivity index (χ2n) is 10.4. The van der Waals surface area contributed by atoms with Gasteiger partial charge < -0.3 is 14.9 Å². The minimum Gasteiger partial charge on any atom is -0.507 e. The van der Waals surface area contributed by atoms with Crippen LogP contribution in [-0.2, 0) is 10.8 Å². The average molecular weight is 395 g/mol. The Bertz CT molecular complexity index is 797. The summed E-state index contributed by atoms with van der Waals surface area (Å²) < 4.78 is 0. The van der Waals surface area contributed by atoms with Gasteiger partial charge in [-0.15, -0.1) is 0 Å². The molecule has 3 nitrogen and oxygen atoms in total. The molecule has 2 aromatic carbocycles. The van der Waals surface area contributed by atoms with Crippen LogP contribution in [0.5, 0.6) is 5.75 Å². The van der Waals surface area contributed by atoms with Gasteiger partial charge in [0.2, 0.25) is 0 Å². The number of benzene rings is 2. The van der Waals surface area contributed by atoms with Gasteiger partial charge in [0, 0.05) is 43.0 Å². The molecule has 0 radical (unpaired) electrons. The fourth-order valence-corrected chi connectivity index (χ4v) is 4.13. The summed E-state index contributed by atoms with van der Waals surface area (Å²) in [5.74, 6) is 0.444. The van der Waals surface area contributed by atoms with Crippen molar-refractivity contribution >= 4 is 5.69 Å². The molecule has 0 amide bonds. The Hall–Kier alpha value is -2.00. The van der Waals surface area contributed by atoms with E-state index in [-0.39, 0.29) is 10.8 Å². The summed E-state index contributed by atoms with van der Waals surface area (Å²) in [6, 6.07) is 13.3. The molecule has 1 aliphatic rings. The maximum absolute atomic E-state index is 11.0. The van der Waals surface area contributed by atoms with Gasteiger partial charge in [0.1, 0.15) is 5.75 Å². The Kier molecular flexibility index (Phi) is 6.01. The zero-order valence-corrected chi connectivity index (χ0v) is 19.3. The number of nitrogens with zero attached hydrogens (tertiary/aromatic N) is 2. The smallest absolute Gasteiger partial charge is 0.123 e. The van der Waals surface area contributed by atoms with Crippen molar-refractivity contribution in [2.45, 2.75) is 59.3 Å². The fourth-order valence-electron chi connectivity index (χ4n) is 4.13. The summed E-state index contributed by atoms with van der Waals surface area (Å²) in [4.78, 5) is 4.98. The third kappa shape index (κ3) is 4.78. The first-order chi connectivity index (χ1) is 13.5. The molecule has 1 heterocycles. The quantitative estimate of drug-likeness (QED) is 0.713. The van der Waals surface area contributed by atoms with Gasteiger partial charge >= 0.3 is 0 Å². The molecule has 2 aromatic rings. The van der Waals surface area contributed by atoms with Crippen LogP contribution in [-0.4, -0.2) is 42.7 Å². The highest BCUT2D eigenvalue weighted by Crippen LogP contribution is 2.42. The Morgan fingerprint density at radius 3 is 1.66 bits per heavy atom. The van der Waals surface area contributed by atoms with E-state index in [1.807, 2.05) is 0 Å². The van der Waals surface area contributed by atoms with Gasteiger partial charge in [-0.2, -0.15) is 0 Å². The Labute approximate surface area is 177 Å². The Morgan fingerprint density at radius 1 is 0.759 bits per heavy atom. The number of piperazine rings is 1. The highest BCUT2D eigenvalue weighted by Gasteiger charge is 2.27. The summed E-state index contributed by atoms with van der Waals surface area (Å²) >= 11 is 0. The number of likely N-dealkylation sites (N-methyl/N-ethyl adjacent to an activating group) is 1. The lowest BCUT2D eigenvalue weighted by molar-refractivity contribution is 0.271. The van der Waals surface area contributed by atoms with Crippen LogP contribution in [0, 0.1) is 0 Å². The second kappa shape index (κ2) is 8.02. The van der Waals surface area contributed by atoms with Crippen LogP contribution >= 0.6 is 0 Å². The highest BCUT2D eigenvalue weighted by molar-refractivity contribution is 5.71. The minimum atomic E-state index is -0.112. The van der Waals surface area contributed by atoms with Crippen LogP contribution in [0.3, 0.4) is 0 Å². The van der Waals surface area contributed by atoms with Crippen LogP contribution in [0.2, 0.25) is 0 Å². The van der Waals surface area contributed by atoms with E-state index in [9.17, 15) is 5.11 Å². The molecule has 1 fully saturated rings. The van der Waals surface area contributed by atoms with Gasteiger partial charge in [-0.05, 0) is 52.8 Å². The van der Waals surface area contributed by atoms with E-state index >= 15 is 0 Å². The molecular weight excluding hydrogens is 356 g/mol. The molecule has 1 aliphatic heterocycles. The lowest BCUT2D eigenvalue weighted by atomic mass is 9.78. The number of phenolic OH excluding ortho intramolecular Hbond substituents is 1. The average Bonchev–Trinajstić information content (AvgIpc) is 2.66. The summed E-state index contributed by atoms with van der Waals surface area (Å²) in [6.07, 6.45) is 0. The first kappa shape index (κ1) is 21.7. The van der Waals surface area contributed by atoms with Crippen molar-refractivity contribution in [2.75, 3.05) is 37.6 Å². The molecule has 3 rings (SSSR count). The fraction of sp³-hybridized carbons (Fsp3) is 0.538. The first-order valence-corrected chi connectivity index (χ1v) is 11.0. The second-order valence-corrected chi connectivity index (χ2v) is 10.4. The van der Waals surface area contributed by atoms with E-state index in [1.54, 1.807) is 0 Å². The first-order valence-electron chi connectivity index (χ1n) is 11.0. The maximum atomic E-state index is 11.0. The van der Waals surface area contributed by atoms with Gasteiger partial charge in [-0.3, -0.25) is 0 Å². The topological polar surface area (TPSA) is 26.7 Å². The highest BCUT2D eigenvalue weighted by atomic mass is 16.3. The Balaban J connectivity index is 1.94. The molecular formula is C26H38N2O. The van der Waals surface area contributed by atoms with Crippen molar-refractivity contribution in [3.05, 3.63) is 47.5 Å². The normalized spacial score (nSPS) is 16.3. The van der Waals surface area contributed by atoms with Crippen LogP contribution < -0.4 is 4.90 Å². The van der Waals surface area contributed by atoms with E-state index in [0.29, 0.717) is 5.75 Å². The third-order valence-corrected chi connectivity index (χ3v) is 6.11. The van der Waals surface area contributed by atoms with Gasteiger partial charge in [-0.1, -0.05) is 60.6 Å². The molecule has 0 bridgehead atoms. The van der Waals surface area contributed by atoms with Crippen LogP contribution in [0.1, 0.15) is 59.6 Å². The molecule has 0 spiro atoms. The molecule has 1 saturated heterocycles. The lowest BCUT2D eigenvalue weighted by Gasteiger charge is -2.35. The predicted molar refractivity (Wildman–Crippen MR) is 125 cm³/mol. The predicted octanol–water partition coefficient (Wildman–Crippen LogP) is 5.80. The minimum absolute atomic E-state index is 0.112. The number of aromatic hydroxyl groups is 1. The Morgan fingerprint density at radius 2 is 1.24 bits per heavy atom. The number of hydrogen-bond acceptors (Lipinski definition) is 3. The summed E-state index contributed by atoms with van der Waals surface area (Å²) in [5.41, 5.74) is 5.49. The van der Waals surface area contributed by atoms with E-state index in [0.717, 1.165) is 43.9 Å². The van der Waals surface area contributed by atoms with Gasteiger partial charge in [-0.25, -0.2) is 0 Å². The van der Waals surface area contributed by atoms with Crippen molar-refractivity contribution < 1.29 is 5.11 Å². The molecule has 0 saturated carbocycles. The summed E-state index contributed by atoms with van der Waals surface area (Å²) in [5, 5.41) is 11.0. The zero-order valence-electron chi connectivity index (χ0n) is 19.3. The van der Waals surface area contributed by atoms with E-state index in [4.69, 9.17) is 0 Å². The van der Waals surface area contributed by atoms with E-state index < -0.39 is 0 Å². The molecule has 0 aromatic heterocycles. The van der Waals surface area contributed by atoms with Crippen LogP contribution in [0.4, 0.5) is 5.69 Å². The molecule has 0 atom stereocenters. The van der Waals surface area contributed by atoms with Crippen molar-refractivity contribution in [1.82, 2.24) is 4.90 Å². The van der Waals surface area contributed by atoms with Gasteiger partial charge in [0.25, 0.3) is 0 Å². The molecule has 0 unspecified atom stereocenters.